The van der Waals surface area contributed by atoms with Crippen LogP contribution in [0.25, 0.3) is 0 Å². The summed E-state index contributed by atoms with van der Waals surface area (Å²) in [6.45, 7) is 7.04. The molecule has 3 nitrogen and oxygen atoms in total. The standard InChI is InChI=1S/C16H26N2OS/c1-6-16(7-2,20-5)11-18-15(19)14-9-8-13(17-4)10-12(14)3/h8-10,17H,6-7,11H2,1-5H3,(H,18,19). The quantitative estimate of drug-likeness (QED) is 0.806. The number of carbonyl (C=O) groups excluding carboxylic acids is 1. The van der Waals surface area contributed by atoms with Crippen molar-refractivity contribution < 1.29 is 4.79 Å². The third kappa shape index (κ3) is 3.92. The second-order valence-corrected chi connectivity index (χ2v) is 6.33. The van der Waals surface area contributed by atoms with Gasteiger partial charge in [-0.15, -0.1) is 0 Å². The summed E-state index contributed by atoms with van der Waals surface area (Å²) in [6, 6.07) is 5.81. The zero-order valence-electron chi connectivity index (χ0n) is 13.2. The Kier molecular flexibility index (Phi) is 6.40. The number of benzene rings is 1. The molecule has 1 aromatic carbocycles. The van der Waals surface area contributed by atoms with Crippen molar-refractivity contribution in [3.05, 3.63) is 29.3 Å². The van der Waals surface area contributed by atoms with Gasteiger partial charge in [-0.25, -0.2) is 0 Å². The predicted octanol–water partition coefficient (Wildman–Crippen LogP) is 3.69. The molecule has 0 unspecified atom stereocenters. The summed E-state index contributed by atoms with van der Waals surface area (Å²) < 4.78 is 0.147. The molecule has 0 saturated carbocycles. The molecular formula is C16H26N2OS. The minimum atomic E-state index is 0.0190. The normalized spacial score (nSPS) is 11.2. The summed E-state index contributed by atoms with van der Waals surface area (Å²) >= 11 is 1.84. The summed E-state index contributed by atoms with van der Waals surface area (Å²) in [4.78, 5) is 12.3. The molecular weight excluding hydrogens is 268 g/mol. The molecule has 0 aliphatic rings. The third-order valence-electron chi connectivity index (χ3n) is 4.05. The molecule has 0 bridgehead atoms. The van der Waals surface area contributed by atoms with Crippen LogP contribution in [-0.2, 0) is 0 Å². The first-order chi connectivity index (χ1) is 9.51. The zero-order valence-corrected chi connectivity index (χ0v) is 14.0. The Morgan fingerprint density at radius 3 is 2.40 bits per heavy atom. The molecule has 1 rings (SSSR count). The molecule has 0 spiro atoms. The van der Waals surface area contributed by atoms with Crippen molar-refractivity contribution in [2.24, 2.45) is 0 Å². The molecule has 2 N–H and O–H groups in total. The highest BCUT2D eigenvalue weighted by Gasteiger charge is 2.25. The van der Waals surface area contributed by atoms with Crippen LogP contribution in [-0.4, -0.2) is 30.5 Å². The molecule has 0 atom stereocenters. The second kappa shape index (κ2) is 7.58. The molecule has 0 fully saturated rings. The van der Waals surface area contributed by atoms with E-state index in [4.69, 9.17) is 0 Å². The average Bonchev–Trinajstić information content (AvgIpc) is 2.48. The van der Waals surface area contributed by atoms with Gasteiger partial charge in [0.1, 0.15) is 0 Å². The molecule has 20 heavy (non-hydrogen) atoms. The number of amides is 1. The lowest BCUT2D eigenvalue weighted by atomic mass is 10.0. The van der Waals surface area contributed by atoms with E-state index in [2.05, 4.69) is 30.7 Å². The van der Waals surface area contributed by atoms with Crippen LogP contribution in [0.5, 0.6) is 0 Å². The van der Waals surface area contributed by atoms with Gasteiger partial charge in [0.15, 0.2) is 0 Å². The Bertz CT molecular complexity index is 448. The molecule has 0 aliphatic heterocycles. The van der Waals surface area contributed by atoms with E-state index in [9.17, 15) is 4.79 Å². The van der Waals surface area contributed by atoms with Gasteiger partial charge in [0, 0.05) is 29.6 Å². The second-order valence-electron chi connectivity index (χ2n) is 5.06. The van der Waals surface area contributed by atoms with Gasteiger partial charge in [0.25, 0.3) is 5.91 Å². The lowest BCUT2D eigenvalue weighted by molar-refractivity contribution is 0.0948. The van der Waals surface area contributed by atoms with E-state index in [1.165, 1.54) is 0 Å². The SMILES string of the molecule is CCC(CC)(CNC(=O)c1ccc(NC)cc1C)SC. The first-order valence-electron chi connectivity index (χ1n) is 7.13. The Labute approximate surface area is 126 Å². The zero-order chi connectivity index (χ0) is 15.2. The van der Waals surface area contributed by atoms with E-state index in [1.807, 2.05) is 43.9 Å². The maximum absolute atomic E-state index is 12.3. The number of hydrogen-bond donors (Lipinski definition) is 2. The van der Waals surface area contributed by atoms with Crippen LogP contribution in [0.1, 0.15) is 42.6 Å². The van der Waals surface area contributed by atoms with Gasteiger partial charge < -0.3 is 10.6 Å². The maximum atomic E-state index is 12.3. The van der Waals surface area contributed by atoms with Crippen LogP contribution in [0, 0.1) is 6.92 Å². The van der Waals surface area contributed by atoms with Crippen molar-refractivity contribution >= 4 is 23.4 Å². The average molecular weight is 294 g/mol. The van der Waals surface area contributed by atoms with Gasteiger partial charge in [-0.2, -0.15) is 11.8 Å². The predicted molar refractivity (Wildman–Crippen MR) is 89.9 cm³/mol. The molecule has 0 radical (unpaired) electrons. The fourth-order valence-electron chi connectivity index (χ4n) is 2.27. The fraction of sp³-hybridized carbons (Fsp3) is 0.562. The maximum Gasteiger partial charge on any atom is 0.251 e. The van der Waals surface area contributed by atoms with Gasteiger partial charge in [0.05, 0.1) is 0 Å². The Morgan fingerprint density at radius 1 is 1.30 bits per heavy atom. The van der Waals surface area contributed by atoms with Crippen molar-refractivity contribution in [2.45, 2.75) is 38.4 Å². The highest BCUT2D eigenvalue weighted by molar-refractivity contribution is 8.00. The lowest BCUT2D eigenvalue weighted by Gasteiger charge is -2.29. The van der Waals surface area contributed by atoms with Crippen molar-refractivity contribution in [1.82, 2.24) is 5.32 Å². The number of thioether (sulfide) groups is 1. The summed E-state index contributed by atoms with van der Waals surface area (Å²) in [5.74, 6) is 0.0190. The smallest absolute Gasteiger partial charge is 0.251 e. The first kappa shape index (κ1) is 16.9. The Balaban J connectivity index is 2.77. The summed E-state index contributed by atoms with van der Waals surface area (Å²) in [5.41, 5.74) is 2.78. The van der Waals surface area contributed by atoms with Crippen molar-refractivity contribution in [3.63, 3.8) is 0 Å². The molecule has 0 aromatic heterocycles. The number of carbonyl (C=O) groups is 1. The molecule has 112 valence electrons. The van der Waals surface area contributed by atoms with Crippen LogP contribution in [0.2, 0.25) is 0 Å². The van der Waals surface area contributed by atoms with Crippen LogP contribution in [0.4, 0.5) is 5.69 Å². The molecule has 0 aliphatic carbocycles. The van der Waals surface area contributed by atoms with E-state index in [1.54, 1.807) is 0 Å². The summed E-state index contributed by atoms with van der Waals surface area (Å²) in [5, 5.41) is 6.17. The van der Waals surface area contributed by atoms with E-state index < -0.39 is 0 Å². The van der Waals surface area contributed by atoms with Crippen LogP contribution in [0.15, 0.2) is 18.2 Å². The molecule has 1 amide bonds. The van der Waals surface area contributed by atoms with Gasteiger partial charge in [-0.05, 0) is 49.8 Å². The van der Waals surface area contributed by atoms with Gasteiger partial charge in [-0.3, -0.25) is 4.79 Å². The number of nitrogens with one attached hydrogen (secondary N) is 2. The van der Waals surface area contributed by atoms with Crippen molar-refractivity contribution in [3.8, 4) is 0 Å². The van der Waals surface area contributed by atoms with Gasteiger partial charge >= 0.3 is 0 Å². The number of hydrogen-bond acceptors (Lipinski definition) is 3. The fourth-order valence-corrected chi connectivity index (χ4v) is 3.07. The van der Waals surface area contributed by atoms with E-state index in [0.717, 1.165) is 29.7 Å². The lowest BCUT2D eigenvalue weighted by Crippen LogP contribution is -2.39. The van der Waals surface area contributed by atoms with Crippen LogP contribution in [0.3, 0.4) is 0 Å². The van der Waals surface area contributed by atoms with Crippen molar-refractivity contribution in [2.75, 3.05) is 25.2 Å². The summed E-state index contributed by atoms with van der Waals surface area (Å²) in [7, 11) is 1.88. The topological polar surface area (TPSA) is 41.1 Å². The minimum absolute atomic E-state index is 0.0190. The van der Waals surface area contributed by atoms with Gasteiger partial charge in [0.2, 0.25) is 0 Å². The molecule has 0 saturated heterocycles. The Morgan fingerprint density at radius 2 is 1.95 bits per heavy atom. The van der Waals surface area contributed by atoms with Crippen molar-refractivity contribution in [1.29, 1.82) is 0 Å². The Hall–Kier alpha value is -1.16. The highest BCUT2D eigenvalue weighted by atomic mass is 32.2. The first-order valence-corrected chi connectivity index (χ1v) is 8.36. The monoisotopic (exact) mass is 294 g/mol. The number of anilines is 1. The molecule has 1 aromatic rings. The van der Waals surface area contributed by atoms with E-state index >= 15 is 0 Å². The summed E-state index contributed by atoms with van der Waals surface area (Å²) in [6.07, 6.45) is 4.23. The van der Waals surface area contributed by atoms with E-state index in [0.29, 0.717) is 6.54 Å². The number of rotatable bonds is 7. The molecule has 0 heterocycles. The third-order valence-corrected chi connectivity index (χ3v) is 5.64. The highest BCUT2D eigenvalue weighted by Crippen LogP contribution is 2.29. The van der Waals surface area contributed by atoms with Crippen LogP contribution < -0.4 is 10.6 Å². The number of aryl methyl sites for hydroxylation is 1. The minimum Gasteiger partial charge on any atom is -0.388 e. The van der Waals surface area contributed by atoms with Gasteiger partial charge in [-0.1, -0.05) is 13.8 Å². The van der Waals surface area contributed by atoms with Crippen LogP contribution >= 0.6 is 11.8 Å². The molecule has 4 heteroatoms. The largest absolute Gasteiger partial charge is 0.388 e. The van der Waals surface area contributed by atoms with E-state index in [-0.39, 0.29) is 10.7 Å².